The summed E-state index contributed by atoms with van der Waals surface area (Å²) in [5, 5.41) is 20.9. The molecule has 0 saturated heterocycles. The van der Waals surface area contributed by atoms with Gasteiger partial charge in [-0.05, 0) is 76.0 Å². The van der Waals surface area contributed by atoms with Gasteiger partial charge in [-0.25, -0.2) is 26.3 Å². The van der Waals surface area contributed by atoms with E-state index in [1.165, 1.54) is 0 Å². The molecule has 0 aromatic heterocycles. The topological polar surface area (TPSA) is 133 Å². The van der Waals surface area contributed by atoms with Gasteiger partial charge >= 0.3 is 0 Å². The van der Waals surface area contributed by atoms with Gasteiger partial charge in [0.05, 0.1) is 12.2 Å². The Morgan fingerprint density at radius 2 is 1.07 bits per heavy atom. The summed E-state index contributed by atoms with van der Waals surface area (Å²) in [7, 11) is -7.59. The molecule has 0 radical (unpaired) electrons. The highest BCUT2D eigenvalue weighted by Gasteiger charge is 2.62. The minimum atomic E-state index is -3.79. The van der Waals surface area contributed by atoms with E-state index in [4.69, 9.17) is 0 Å². The molecule has 5 rings (SSSR count). The maximum absolute atomic E-state index is 13.3. The largest absolute Gasteiger partial charge is 0.391 e. The van der Waals surface area contributed by atoms with E-state index in [9.17, 15) is 27.0 Å². The lowest BCUT2D eigenvalue weighted by molar-refractivity contribution is 0.123. The summed E-state index contributed by atoms with van der Waals surface area (Å²) in [4.78, 5) is 0. The quantitative estimate of drug-likeness (QED) is 0.460. The zero-order valence-corrected chi connectivity index (χ0v) is 18.9. The summed E-state index contributed by atoms with van der Waals surface area (Å²) in [6.45, 7) is 0. The van der Waals surface area contributed by atoms with Crippen LogP contribution >= 0.6 is 0 Å². The first-order valence-corrected chi connectivity index (χ1v) is 14.5. The van der Waals surface area contributed by atoms with Gasteiger partial charge in [-0.2, -0.15) is 0 Å². The van der Waals surface area contributed by atoms with Crippen LogP contribution in [-0.4, -0.2) is 60.8 Å². The molecule has 0 heterocycles. The molecule has 5 fully saturated rings. The lowest BCUT2D eigenvalue weighted by atomic mass is 9.92. The molecular weight excluding hydrogens is 428 g/mol. The van der Waals surface area contributed by atoms with Crippen molar-refractivity contribution in [3.05, 3.63) is 0 Å². The molecule has 0 aliphatic heterocycles. The van der Waals surface area contributed by atoms with Crippen LogP contribution in [0.3, 0.4) is 0 Å². The Labute approximate surface area is 179 Å². The van der Waals surface area contributed by atoms with Crippen LogP contribution in [0.4, 0.5) is 0 Å². The van der Waals surface area contributed by atoms with Gasteiger partial charge in [-0.3, -0.25) is 0 Å². The first kappa shape index (κ1) is 21.6. The minimum Gasteiger partial charge on any atom is -0.391 e. The summed E-state index contributed by atoms with van der Waals surface area (Å²) < 4.78 is 56.8. The lowest BCUT2D eigenvalue weighted by Gasteiger charge is -2.39. The van der Waals surface area contributed by atoms with Crippen LogP contribution in [0.5, 0.6) is 0 Å². The van der Waals surface area contributed by atoms with Crippen LogP contribution in [0.15, 0.2) is 0 Å². The Bertz CT molecular complexity index is 834. The zero-order valence-electron chi connectivity index (χ0n) is 17.3. The van der Waals surface area contributed by atoms with Crippen LogP contribution in [0, 0.1) is 11.8 Å². The first-order chi connectivity index (χ1) is 14.1. The average Bonchev–Trinajstić information content (AvgIpc) is 3.42. The fraction of sp³-hybridized carbons (Fsp3) is 1.00. The van der Waals surface area contributed by atoms with E-state index in [-0.39, 0.29) is 11.8 Å². The van der Waals surface area contributed by atoms with Crippen molar-refractivity contribution in [1.29, 1.82) is 0 Å². The molecule has 0 aromatic rings. The van der Waals surface area contributed by atoms with Gasteiger partial charge in [-0.15, -0.1) is 0 Å². The number of fused-ring (bicyclic) bond motifs is 4. The van der Waals surface area contributed by atoms with Gasteiger partial charge in [0.2, 0.25) is 20.0 Å². The molecule has 5 aliphatic rings. The van der Waals surface area contributed by atoms with E-state index < -0.39 is 53.8 Å². The summed E-state index contributed by atoms with van der Waals surface area (Å²) in [6.07, 6.45) is 5.71. The van der Waals surface area contributed by atoms with E-state index in [1.54, 1.807) is 0 Å². The summed E-state index contributed by atoms with van der Waals surface area (Å²) in [5.74, 6) is 0.519. The predicted octanol–water partition coefficient (Wildman–Crippen LogP) is 0.743. The van der Waals surface area contributed by atoms with Crippen LogP contribution in [0.1, 0.15) is 77.0 Å². The van der Waals surface area contributed by atoms with E-state index in [0.29, 0.717) is 51.4 Å². The molecule has 4 N–H and O–H groups in total. The van der Waals surface area contributed by atoms with Crippen LogP contribution in [-0.2, 0) is 20.0 Å². The molecule has 0 unspecified atom stereocenters. The molecule has 10 heteroatoms. The monoisotopic (exact) mass is 462 g/mol. The molecular formula is C20H34N2O6S2. The van der Waals surface area contributed by atoms with Crippen molar-refractivity contribution >= 4 is 20.0 Å². The second-order valence-corrected chi connectivity index (χ2v) is 14.7. The predicted molar refractivity (Wildman–Crippen MR) is 112 cm³/mol. The molecule has 30 heavy (non-hydrogen) atoms. The molecule has 0 spiro atoms. The van der Waals surface area contributed by atoms with Crippen LogP contribution in [0.25, 0.3) is 0 Å². The fourth-order valence-electron chi connectivity index (χ4n) is 7.24. The Morgan fingerprint density at radius 1 is 0.667 bits per heavy atom. The van der Waals surface area contributed by atoms with E-state index in [2.05, 4.69) is 9.44 Å². The third-order valence-corrected chi connectivity index (χ3v) is 13.6. The Morgan fingerprint density at radius 3 is 1.37 bits per heavy atom. The van der Waals surface area contributed by atoms with E-state index >= 15 is 0 Å². The maximum atomic E-state index is 13.3. The Hall–Kier alpha value is -0.260. The summed E-state index contributed by atoms with van der Waals surface area (Å²) in [6, 6.07) is -1.04. The standard InChI is InChI=1S/C20H34N2O6S2/c23-17-9-13-5-7-19(17,11-13)29(25,26)21-15-3-1-2-4-16(15)22-30(27,28)20-8-6-14(12-20)10-18(20)24/h13-18,21-24H,1-12H2/t13-,14-,15-,16-,17-,18-,19+,20+/m1/s1. The summed E-state index contributed by atoms with van der Waals surface area (Å²) >= 11 is 0. The van der Waals surface area contributed by atoms with Gasteiger partial charge < -0.3 is 10.2 Å². The second-order valence-electron chi connectivity index (χ2n) is 10.6. The number of aliphatic hydroxyl groups is 2. The molecule has 8 atom stereocenters. The van der Waals surface area contributed by atoms with Gasteiger partial charge in [0.15, 0.2) is 0 Å². The number of hydrogen-bond donors (Lipinski definition) is 4. The molecule has 0 aromatic carbocycles. The number of nitrogens with one attached hydrogen (secondary N) is 2. The van der Waals surface area contributed by atoms with Gasteiger partial charge in [0, 0.05) is 12.1 Å². The Kier molecular flexibility index (Phi) is 5.12. The van der Waals surface area contributed by atoms with Crippen molar-refractivity contribution in [2.45, 2.75) is 111 Å². The highest BCUT2D eigenvalue weighted by molar-refractivity contribution is 7.91. The smallest absolute Gasteiger partial charge is 0.220 e. The number of sulfonamides is 2. The van der Waals surface area contributed by atoms with Gasteiger partial charge in [-0.1, -0.05) is 12.8 Å². The average molecular weight is 463 g/mol. The highest BCUT2D eigenvalue weighted by Crippen LogP contribution is 2.53. The van der Waals surface area contributed by atoms with E-state index in [0.717, 1.165) is 25.7 Å². The highest BCUT2D eigenvalue weighted by atomic mass is 32.2. The Balaban J connectivity index is 1.35. The fourth-order valence-corrected chi connectivity index (χ4v) is 11.7. The lowest BCUT2D eigenvalue weighted by Crippen LogP contribution is -2.61. The van der Waals surface area contributed by atoms with Crippen molar-refractivity contribution < 1.29 is 27.0 Å². The molecule has 5 saturated carbocycles. The second kappa shape index (κ2) is 7.12. The van der Waals surface area contributed by atoms with Crippen molar-refractivity contribution in [1.82, 2.24) is 9.44 Å². The third kappa shape index (κ3) is 3.04. The minimum absolute atomic E-state index is 0.260. The van der Waals surface area contributed by atoms with Gasteiger partial charge in [0.1, 0.15) is 9.49 Å². The maximum Gasteiger partial charge on any atom is 0.220 e. The molecule has 172 valence electrons. The SMILES string of the molecule is O=S(=O)(N[C@@H]1CCCC[C@H]1NS(=O)(=O)[C@]12CC[C@H](C[C@H]1O)C2)[C@]12CC[C@H](C[C@H]1O)C2. The normalized spacial score (nSPS) is 48.5. The molecule has 8 nitrogen and oxygen atoms in total. The van der Waals surface area contributed by atoms with E-state index in [1.807, 2.05) is 0 Å². The summed E-state index contributed by atoms with van der Waals surface area (Å²) in [5.41, 5.74) is 0. The van der Waals surface area contributed by atoms with Crippen LogP contribution < -0.4 is 9.44 Å². The van der Waals surface area contributed by atoms with Crippen molar-refractivity contribution in [2.24, 2.45) is 11.8 Å². The van der Waals surface area contributed by atoms with Gasteiger partial charge in [0.25, 0.3) is 0 Å². The van der Waals surface area contributed by atoms with Crippen molar-refractivity contribution in [3.8, 4) is 0 Å². The number of hydrogen-bond acceptors (Lipinski definition) is 6. The zero-order chi connectivity index (χ0) is 21.4. The van der Waals surface area contributed by atoms with Crippen LogP contribution in [0.2, 0.25) is 0 Å². The molecule has 5 aliphatic carbocycles. The van der Waals surface area contributed by atoms with Crippen molar-refractivity contribution in [3.63, 3.8) is 0 Å². The third-order valence-electron chi connectivity index (χ3n) is 9.00. The molecule has 4 bridgehead atoms. The number of rotatable bonds is 6. The first-order valence-electron chi connectivity index (χ1n) is 11.5. The number of aliphatic hydroxyl groups excluding tert-OH is 2. The molecule has 0 amide bonds. The van der Waals surface area contributed by atoms with Crippen molar-refractivity contribution in [2.75, 3.05) is 0 Å².